The Bertz CT molecular complexity index is 1990. The number of hydrogen-bond donors (Lipinski definition) is 1. The lowest BCUT2D eigenvalue weighted by Gasteiger charge is -2.33. The molecule has 3 nitrogen and oxygen atoms in total. The summed E-state index contributed by atoms with van der Waals surface area (Å²) in [5, 5.41) is 7.36. The standard InChI is InChI=1S/C34H27N2OS/c1-5-27-30(23-9-7-6-8-22(23)28-15-10-18(2)17-36(27)28)31-26-14-13-24-25-12-11-21-16-19(3)38-34(21)33(25)37-32(24)29(26)20(4)35-31/h5-17,27,30-31,35H,1,4H2,2-3H3/q+1. The molecule has 0 bridgehead atoms. The summed E-state index contributed by atoms with van der Waals surface area (Å²) in [7, 11) is 0. The Morgan fingerprint density at radius 2 is 1.76 bits per heavy atom. The molecule has 0 spiro atoms. The topological polar surface area (TPSA) is 29.1 Å². The maximum atomic E-state index is 6.71. The zero-order valence-corrected chi connectivity index (χ0v) is 22.2. The molecule has 4 heteroatoms. The van der Waals surface area contributed by atoms with Gasteiger partial charge < -0.3 is 9.73 Å². The summed E-state index contributed by atoms with van der Waals surface area (Å²) in [5.41, 5.74) is 10.2. The van der Waals surface area contributed by atoms with E-state index >= 15 is 0 Å². The van der Waals surface area contributed by atoms with Crippen molar-refractivity contribution in [1.82, 2.24) is 5.32 Å². The lowest BCUT2D eigenvalue weighted by Crippen LogP contribution is -2.48. The van der Waals surface area contributed by atoms with Crippen LogP contribution in [-0.4, -0.2) is 0 Å². The predicted octanol–water partition coefficient (Wildman–Crippen LogP) is 8.51. The fourth-order valence-electron chi connectivity index (χ4n) is 6.85. The summed E-state index contributed by atoms with van der Waals surface area (Å²) in [6.07, 6.45) is 4.35. The van der Waals surface area contributed by atoms with Gasteiger partial charge in [-0.2, -0.15) is 4.57 Å². The second kappa shape index (κ2) is 7.68. The van der Waals surface area contributed by atoms with Gasteiger partial charge in [0.2, 0.25) is 5.69 Å². The van der Waals surface area contributed by atoms with Gasteiger partial charge in [0.1, 0.15) is 5.58 Å². The third kappa shape index (κ3) is 2.81. The summed E-state index contributed by atoms with van der Waals surface area (Å²) in [5.74, 6) is 0.148. The number of thiophene rings is 1. The molecule has 0 saturated carbocycles. The first-order valence-electron chi connectivity index (χ1n) is 13.1. The van der Waals surface area contributed by atoms with E-state index in [0.717, 1.165) is 27.8 Å². The maximum Gasteiger partial charge on any atom is 0.213 e. The van der Waals surface area contributed by atoms with E-state index in [1.807, 2.05) is 0 Å². The summed E-state index contributed by atoms with van der Waals surface area (Å²) >= 11 is 1.80. The van der Waals surface area contributed by atoms with E-state index in [9.17, 15) is 0 Å². The molecule has 6 aromatic rings. The molecule has 1 N–H and O–H groups in total. The van der Waals surface area contributed by atoms with Gasteiger partial charge in [-0.3, -0.25) is 0 Å². The van der Waals surface area contributed by atoms with Gasteiger partial charge in [0.25, 0.3) is 0 Å². The Kier molecular flexibility index (Phi) is 4.43. The minimum absolute atomic E-state index is 0.0458. The van der Waals surface area contributed by atoms with Crippen molar-refractivity contribution in [2.45, 2.75) is 31.8 Å². The molecule has 3 aromatic heterocycles. The molecular formula is C34H27N2OS+. The minimum Gasteiger partial charge on any atom is -0.454 e. The average Bonchev–Trinajstić information content (AvgIpc) is 3.59. The van der Waals surface area contributed by atoms with Crippen LogP contribution in [0.4, 0.5) is 0 Å². The van der Waals surface area contributed by atoms with Crippen LogP contribution in [0, 0.1) is 13.8 Å². The van der Waals surface area contributed by atoms with Crippen LogP contribution in [0.1, 0.15) is 45.1 Å². The number of aryl methyl sites for hydroxylation is 2. The first-order valence-corrected chi connectivity index (χ1v) is 13.9. The highest BCUT2D eigenvalue weighted by molar-refractivity contribution is 7.19. The third-order valence-electron chi connectivity index (χ3n) is 8.43. The van der Waals surface area contributed by atoms with Gasteiger partial charge in [-0.05, 0) is 60.7 Å². The summed E-state index contributed by atoms with van der Waals surface area (Å²) < 4.78 is 10.3. The van der Waals surface area contributed by atoms with Crippen molar-refractivity contribution in [3.63, 3.8) is 0 Å². The van der Waals surface area contributed by atoms with E-state index in [4.69, 9.17) is 4.42 Å². The van der Waals surface area contributed by atoms with Crippen LogP contribution in [0.25, 0.3) is 49.0 Å². The van der Waals surface area contributed by atoms with Crippen molar-refractivity contribution < 1.29 is 8.98 Å². The number of hydrogen-bond acceptors (Lipinski definition) is 3. The van der Waals surface area contributed by atoms with Gasteiger partial charge in [0.05, 0.1) is 16.7 Å². The number of fused-ring (bicyclic) bond motifs is 10. The number of aromatic nitrogens is 1. The first-order chi connectivity index (χ1) is 18.5. The molecule has 3 atom stereocenters. The molecule has 0 aliphatic carbocycles. The predicted molar refractivity (Wildman–Crippen MR) is 158 cm³/mol. The third-order valence-corrected chi connectivity index (χ3v) is 9.49. The summed E-state index contributed by atoms with van der Waals surface area (Å²) in [6, 6.07) is 24.5. The van der Waals surface area contributed by atoms with Crippen molar-refractivity contribution in [3.05, 3.63) is 119 Å². The van der Waals surface area contributed by atoms with E-state index in [1.165, 1.54) is 48.3 Å². The van der Waals surface area contributed by atoms with E-state index in [2.05, 4.69) is 116 Å². The second-order valence-corrected chi connectivity index (χ2v) is 11.9. The molecule has 0 amide bonds. The Hall–Kier alpha value is -4.15. The Morgan fingerprint density at radius 3 is 2.63 bits per heavy atom. The van der Waals surface area contributed by atoms with Gasteiger partial charge in [-0.25, -0.2) is 0 Å². The van der Waals surface area contributed by atoms with Crippen LogP contribution in [-0.2, 0) is 0 Å². The lowest BCUT2D eigenvalue weighted by atomic mass is 9.76. The van der Waals surface area contributed by atoms with Crippen molar-refractivity contribution in [1.29, 1.82) is 0 Å². The van der Waals surface area contributed by atoms with Gasteiger partial charge in [-0.15, -0.1) is 11.3 Å². The van der Waals surface area contributed by atoms with Crippen LogP contribution in [0.3, 0.4) is 0 Å². The highest BCUT2D eigenvalue weighted by atomic mass is 32.1. The van der Waals surface area contributed by atoms with Crippen molar-refractivity contribution in [2.24, 2.45) is 0 Å². The molecule has 3 aromatic carbocycles. The molecule has 0 radical (unpaired) electrons. The zero-order valence-electron chi connectivity index (χ0n) is 21.4. The molecule has 0 saturated heterocycles. The monoisotopic (exact) mass is 511 g/mol. The number of benzene rings is 3. The van der Waals surface area contributed by atoms with Crippen molar-refractivity contribution in [3.8, 4) is 11.3 Å². The number of allylic oxidation sites excluding steroid dienone is 1. The molecular weight excluding hydrogens is 484 g/mol. The number of pyridine rings is 1. The Labute approximate surface area is 225 Å². The molecule has 5 heterocycles. The number of nitrogens with one attached hydrogen (secondary N) is 1. The SMILES string of the molecule is C=CC1C(C2NC(=C)c3c2ccc2c3oc3c2ccc2cc(C)sc23)c2ccccc2-c2ccc(C)c[n+]21. The number of rotatable bonds is 2. The van der Waals surface area contributed by atoms with E-state index < -0.39 is 0 Å². The highest BCUT2D eigenvalue weighted by Crippen LogP contribution is 2.51. The fourth-order valence-corrected chi connectivity index (χ4v) is 7.84. The normalized spacial score (nSPS) is 19.9. The quantitative estimate of drug-likeness (QED) is 0.186. The van der Waals surface area contributed by atoms with Crippen molar-refractivity contribution >= 4 is 49.1 Å². The van der Waals surface area contributed by atoms with E-state index in [0.29, 0.717) is 0 Å². The first kappa shape index (κ1) is 21.9. The van der Waals surface area contributed by atoms with Crippen LogP contribution >= 0.6 is 11.3 Å². The Balaban J connectivity index is 1.36. The molecule has 2 aliphatic heterocycles. The van der Waals surface area contributed by atoms with Gasteiger partial charge >= 0.3 is 0 Å². The minimum atomic E-state index is 0.0458. The molecule has 184 valence electrons. The van der Waals surface area contributed by atoms with Gasteiger partial charge in [0.15, 0.2) is 17.8 Å². The molecule has 38 heavy (non-hydrogen) atoms. The summed E-state index contributed by atoms with van der Waals surface area (Å²) in [6.45, 7) is 13.1. The summed E-state index contributed by atoms with van der Waals surface area (Å²) in [4.78, 5) is 1.30. The lowest BCUT2D eigenvalue weighted by molar-refractivity contribution is -0.707. The number of furan rings is 1. The molecule has 3 unspecified atom stereocenters. The molecule has 0 fully saturated rings. The zero-order chi connectivity index (χ0) is 25.7. The average molecular weight is 512 g/mol. The van der Waals surface area contributed by atoms with Gasteiger partial charge in [-0.1, -0.05) is 49.6 Å². The van der Waals surface area contributed by atoms with E-state index in [1.54, 1.807) is 11.3 Å². The molecule has 2 aliphatic rings. The van der Waals surface area contributed by atoms with Crippen LogP contribution in [0.15, 0.2) is 96.6 Å². The van der Waals surface area contributed by atoms with Gasteiger partial charge in [0, 0.05) is 44.1 Å². The molecule has 8 rings (SSSR count). The van der Waals surface area contributed by atoms with Crippen molar-refractivity contribution in [2.75, 3.05) is 0 Å². The second-order valence-electron chi connectivity index (χ2n) is 10.7. The Morgan fingerprint density at radius 1 is 0.947 bits per heavy atom. The largest absolute Gasteiger partial charge is 0.454 e. The maximum absolute atomic E-state index is 6.71. The number of nitrogens with zero attached hydrogens (tertiary/aromatic N) is 1. The van der Waals surface area contributed by atoms with Crippen LogP contribution in [0.2, 0.25) is 0 Å². The van der Waals surface area contributed by atoms with E-state index in [-0.39, 0.29) is 18.0 Å². The van der Waals surface area contributed by atoms with Crippen LogP contribution < -0.4 is 9.88 Å². The fraction of sp³-hybridized carbons (Fsp3) is 0.147. The van der Waals surface area contributed by atoms with Crippen LogP contribution in [0.5, 0.6) is 0 Å². The highest BCUT2D eigenvalue weighted by Gasteiger charge is 2.46. The smallest absolute Gasteiger partial charge is 0.213 e.